The van der Waals surface area contributed by atoms with Crippen molar-refractivity contribution in [2.75, 3.05) is 32.9 Å². The second-order valence-corrected chi connectivity index (χ2v) is 13.6. The molecule has 2 saturated heterocycles. The molecular formula is C33H59N3O10. The summed E-state index contributed by atoms with van der Waals surface area (Å²) in [6.45, 7) is 6.97. The Morgan fingerprint density at radius 3 is 2.37 bits per heavy atom. The van der Waals surface area contributed by atoms with E-state index >= 15 is 0 Å². The third kappa shape index (κ3) is 12.3. The highest BCUT2D eigenvalue weighted by Crippen LogP contribution is 2.33. The maximum atomic E-state index is 12.9. The van der Waals surface area contributed by atoms with E-state index in [4.69, 9.17) is 14.2 Å². The zero-order valence-electron chi connectivity index (χ0n) is 28.0. The molecule has 9 atom stereocenters. The Balaban J connectivity index is 1.21. The molecule has 0 aromatic carbocycles. The van der Waals surface area contributed by atoms with Crippen LogP contribution in [0.4, 0.5) is 0 Å². The van der Waals surface area contributed by atoms with E-state index in [0.29, 0.717) is 63.6 Å². The van der Waals surface area contributed by atoms with E-state index < -0.39 is 49.3 Å². The molecule has 7 unspecified atom stereocenters. The summed E-state index contributed by atoms with van der Waals surface area (Å²) < 4.78 is 17.4. The predicted octanol–water partition coefficient (Wildman–Crippen LogP) is 0.987. The minimum atomic E-state index is -1.36. The predicted molar refractivity (Wildman–Crippen MR) is 169 cm³/mol. The first-order valence-corrected chi connectivity index (χ1v) is 17.4. The van der Waals surface area contributed by atoms with Crippen LogP contribution in [-0.4, -0.2) is 125 Å². The Kier molecular flexibility index (Phi) is 16.6. The Morgan fingerprint density at radius 1 is 0.935 bits per heavy atom. The lowest BCUT2D eigenvalue weighted by Crippen LogP contribution is -2.64. The number of aliphatic hydroxyl groups excluding tert-OH is 4. The van der Waals surface area contributed by atoms with Crippen LogP contribution in [-0.2, 0) is 28.6 Å². The zero-order chi connectivity index (χ0) is 33.6. The summed E-state index contributed by atoms with van der Waals surface area (Å²) in [5.74, 6) is 0.993. The van der Waals surface area contributed by atoms with Crippen LogP contribution in [0.15, 0.2) is 0 Å². The van der Waals surface area contributed by atoms with Crippen molar-refractivity contribution in [3.63, 3.8) is 0 Å². The van der Waals surface area contributed by atoms with Crippen molar-refractivity contribution in [2.45, 2.75) is 147 Å². The fourth-order valence-corrected chi connectivity index (χ4v) is 6.75. The van der Waals surface area contributed by atoms with E-state index in [2.05, 4.69) is 24.5 Å². The number of carbonyl (C=O) groups is 3. The molecule has 13 heteroatoms. The monoisotopic (exact) mass is 657 g/mol. The highest BCUT2D eigenvalue weighted by Gasteiger charge is 2.45. The molecule has 3 amide bonds. The van der Waals surface area contributed by atoms with Crippen LogP contribution < -0.4 is 10.6 Å². The van der Waals surface area contributed by atoms with Crippen LogP contribution in [0.5, 0.6) is 0 Å². The van der Waals surface area contributed by atoms with E-state index in [1.165, 1.54) is 13.3 Å². The second-order valence-electron chi connectivity index (χ2n) is 13.6. The van der Waals surface area contributed by atoms with Gasteiger partial charge >= 0.3 is 0 Å². The van der Waals surface area contributed by atoms with Gasteiger partial charge in [0.15, 0.2) is 6.29 Å². The van der Waals surface area contributed by atoms with Gasteiger partial charge in [-0.05, 0) is 63.2 Å². The van der Waals surface area contributed by atoms with E-state index in [9.17, 15) is 34.8 Å². The Bertz CT molecular complexity index is 939. The third-order valence-corrected chi connectivity index (χ3v) is 9.58. The molecule has 13 nitrogen and oxygen atoms in total. The molecular weight excluding hydrogens is 598 g/mol. The number of ether oxygens (including phenoxy) is 3. The van der Waals surface area contributed by atoms with Gasteiger partial charge in [-0.25, -0.2) is 0 Å². The molecule has 2 heterocycles. The van der Waals surface area contributed by atoms with Crippen LogP contribution in [0.25, 0.3) is 0 Å². The van der Waals surface area contributed by atoms with Gasteiger partial charge < -0.3 is 50.2 Å². The zero-order valence-corrected chi connectivity index (χ0v) is 28.0. The first-order valence-electron chi connectivity index (χ1n) is 17.4. The van der Waals surface area contributed by atoms with Crippen LogP contribution in [0.2, 0.25) is 0 Å². The topological polar surface area (TPSA) is 187 Å². The second kappa shape index (κ2) is 19.8. The average Bonchev–Trinajstić information content (AvgIpc) is 3.65. The largest absolute Gasteiger partial charge is 0.394 e. The summed E-state index contributed by atoms with van der Waals surface area (Å²) in [5, 5.41) is 45.5. The molecule has 3 aliphatic rings. The highest BCUT2D eigenvalue weighted by atomic mass is 16.7. The summed E-state index contributed by atoms with van der Waals surface area (Å²) in [4.78, 5) is 38.4. The van der Waals surface area contributed by atoms with E-state index in [-0.39, 0.29) is 30.6 Å². The number of hydrogen-bond donors (Lipinski definition) is 6. The molecule has 0 aromatic heterocycles. The number of rotatable bonds is 19. The molecule has 266 valence electrons. The Hall–Kier alpha value is -1.87. The van der Waals surface area contributed by atoms with Gasteiger partial charge in [0.25, 0.3) is 0 Å². The van der Waals surface area contributed by atoms with Crippen molar-refractivity contribution >= 4 is 17.7 Å². The summed E-state index contributed by atoms with van der Waals surface area (Å²) >= 11 is 0. The molecule has 0 aromatic rings. The summed E-state index contributed by atoms with van der Waals surface area (Å²) in [6.07, 6.45) is 4.08. The smallest absolute Gasteiger partial charge is 0.222 e. The van der Waals surface area contributed by atoms with Crippen molar-refractivity contribution in [3.05, 3.63) is 0 Å². The van der Waals surface area contributed by atoms with Crippen molar-refractivity contribution in [3.8, 4) is 0 Å². The SMILES string of the molecule is CC(=O)NC1C(OCCCCCC(=O)NCCCCCC(=O)N2C[C@H](O)C[C@H]2COC2CCC(C(C)C)C2)OC(CO)C(O)C1O. The lowest BCUT2D eigenvalue weighted by Gasteiger charge is -2.42. The number of unbranched alkanes of at least 4 members (excludes halogenated alkanes) is 4. The molecule has 0 bridgehead atoms. The van der Waals surface area contributed by atoms with Crippen LogP contribution in [0.1, 0.15) is 97.8 Å². The number of nitrogens with one attached hydrogen (secondary N) is 2. The minimum absolute atomic E-state index is 0.0305. The van der Waals surface area contributed by atoms with Gasteiger partial charge in [0.05, 0.1) is 31.5 Å². The molecule has 46 heavy (non-hydrogen) atoms. The maximum absolute atomic E-state index is 12.9. The van der Waals surface area contributed by atoms with Crippen molar-refractivity contribution in [1.82, 2.24) is 15.5 Å². The summed E-state index contributed by atoms with van der Waals surface area (Å²) in [5.41, 5.74) is 0. The van der Waals surface area contributed by atoms with Crippen molar-refractivity contribution < 1.29 is 49.0 Å². The molecule has 3 rings (SSSR count). The lowest BCUT2D eigenvalue weighted by molar-refractivity contribution is -0.270. The van der Waals surface area contributed by atoms with Gasteiger partial charge in [0.2, 0.25) is 17.7 Å². The quantitative estimate of drug-likeness (QED) is 0.109. The first kappa shape index (κ1) is 38.6. The maximum Gasteiger partial charge on any atom is 0.222 e. The average molecular weight is 658 g/mol. The number of β-amino-alcohol motifs (C(OH)–C–C–N with tert-alkyl or cyclic N) is 1. The number of likely N-dealkylation sites (tertiary alicyclic amines) is 1. The van der Waals surface area contributed by atoms with E-state index in [1.807, 2.05) is 0 Å². The number of aliphatic hydroxyl groups is 4. The van der Waals surface area contributed by atoms with Gasteiger partial charge in [0, 0.05) is 39.5 Å². The number of hydrogen-bond acceptors (Lipinski definition) is 10. The van der Waals surface area contributed by atoms with E-state index in [0.717, 1.165) is 38.5 Å². The van der Waals surface area contributed by atoms with Crippen LogP contribution in [0, 0.1) is 11.8 Å². The van der Waals surface area contributed by atoms with Gasteiger partial charge in [-0.2, -0.15) is 0 Å². The van der Waals surface area contributed by atoms with Crippen molar-refractivity contribution in [2.24, 2.45) is 11.8 Å². The highest BCUT2D eigenvalue weighted by molar-refractivity contribution is 5.77. The lowest BCUT2D eigenvalue weighted by atomic mass is 9.95. The van der Waals surface area contributed by atoms with Crippen LogP contribution >= 0.6 is 0 Å². The van der Waals surface area contributed by atoms with Crippen molar-refractivity contribution in [1.29, 1.82) is 0 Å². The molecule has 1 aliphatic carbocycles. The van der Waals surface area contributed by atoms with Gasteiger partial charge in [-0.15, -0.1) is 0 Å². The number of amides is 3. The summed E-state index contributed by atoms with van der Waals surface area (Å²) in [7, 11) is 0. The van der Waals surface area contributed by atoms with Gasteiger partial charge in [-0.1, -0.05) is 26.7 Å². The molecule has 3 fully saturated rings. The van der Waals surface area contributed by atoms with Gasteiger partial charge in [-0.3, -0.25) is 14.4 Å². The van der Waals surface area contributed by atoms with E-state index in [1.54, 1.807) is 4.90 Å². The summed E-state index contributed by atoms with van der Waals surface area (Å²) in [6, 6.07) is -1.03. The Morgan fingerprint density at radius 2 is 1.67 bits per heavy atom. The molecule has 0 spiro atoms. The van der Waals surface area contributed by atoms with Gasteiger partial charge in [0.1, 0.15) is 24.4 Å². The molecule has 2 aliphatic heterocycles. The Labute approximate surface area is 273 Å². The number of carbonyl (C=O) groups excluding carboxylic acids is 3. The fourth-order valence-electron chi connectivity index (χ4n) is 6.75. The third-order valence-electron chi connectivity index (χ3n) is 9.58. The van der Waals surface area contributed by atoms with Crippen LogP contribution in [0.3, 0.4) is 0 Å². The first-order chi connectivity index (χ1) is 22.0. The number of nitrogens with zero attached hydrogens (tertiary/aromatic N) is 1. The molecule has 0 radical (unpaired) electrons. The normalized spacial score (nSPS) is 31.4. The standard InChI is InChI=1S/C33H59N3O10/c1-21(2)23-12-13-26(16-23)45-20-24-17-25(39)18-36(24)29(41)11-7-4-8-14-34-28(40)10-6-5-9-15-44-33-30(35-22(3)38)32(43)31(42)27(19-37)46-33/h21,23-27,30-33,37,39,42-43H,4-20H2,1-3H3,(H,34,40)(H,35,38)/t23?,24-,25+,26?,27?,30?,31?,32?,33?/m0/s1. The molecule has 6 N–H and O–H groups in total. The molecule has 1 saturated carbocycles. The fraction of sp³-hybridized carbons (Fsp3) is 0.909. The minimum Gasteiger partial charge on any atom is -0.394 e.